The molecule has 0 nitrogen and oxygen atoms in total. The molecule has 0 unspecified atom stereocenters. The van der Waals surface area contributed by atoms with Gasteiger partial charge in [-0.2, -0.15) is 0 Å². The normalized spacial score (nSPS) is 11.0. The highest BCUT2D eigenvalue weighted by atomic mass is 14.1. The van der Waals surface area contributed by atoms with Gasteiger partial charge in [-0.25, -0.2) is 0 Å². The molecule has 0 saturated heterocycles. The molecule has 0 aliphatic heterocycles. The Balaban J connectivity index is 2.09. The molecule has 2 radical (unpaired) electrons. The lowest BCUT2D eigenvalue weighted by Crippen LogP contribution is -1.82. The molecule has 4 rings (SSSR count). The van der Waals surface area contributed by atoms with Crippen LogP contribution in [-0.2, 0) is 0 Å². The fourth-order valence-electron chi connectivity index (χ4n) is 2.71. The molecule has 0 spiro atoms. The standard InChI is InChI=1S/C20H12/c1-2-7-15(8-3-1)19-12-6-11-18-13-16-9-4-5-10-17(16)14-20(18)19/h1-2,4-6,8-14H. The third-order valence-electron chi connectivity index (χ3n) is 3.68. The molecule has 0 bridgehead atoms. The summed E-state index contributed by atoms with van der Waals surface area (Å²) in [5.41, 5.74) is 2.30. The number of hydrogen-bond acceptors (Lipinski definition) is 0. The minimum Gasteiger partial charge on any atom is -0.0616 e. The van der Waals surface area contributed by atoms with Crippen molar-refractivity contribution in [2.45, 2.75) is 0 Å². The topological polar surface area (TPSA) is 0 Å². The SMILES string of the molecule is [c]1cc[c]c(-c2cccc3cc4ccccc4cc23)c1. The van der Waals surface area contributed by atoms with Gasteiger partial charge in [0.25, 0.3) is 0 Å². The summed E-state index contributed by atoms with van der Waals surface area (Å²) in [6.07, 6.45) is 0. The zero-order chi connectivity index (χ0) is 13.4. The van der Waals surface area contributed by atoms with Crippen LogP contribution in [0.1, 0.15) is 0 Å². The fraction of sp³-hybridized carbons (Fsp3) is 0. The summed E-state index contributed by atoms with van der Waals surface area (Å²) in [7, 11) is 0. The molecule has 0 atom stereocenters. The molecule has 0 fully saturated rings. The van der Waals surface area contributed by atoms with Crippen LogP contribution in [0.5, 0.6) is 0 Å². The molecule has 4 aromatic rings. The van der Waals surface area contributed by atoms with Crippen LogP contribution in [-0.4, -0.2) is 0 Å². The third kappa shape index (κ3) is 1.78. The van der Waals surface area contributed by atoms with Crippen LogP contribution in [0, 0.1) is 12.1 Å². The average Bonchev–Trinajstić information content (AvgIpc) is 2.53. The van der Waals surface area contributed by atoms with Gasteiger partial charge in [0.05, 0.1) is 0 Å². The van der Waals surface area contributed by atoms with E-state index in [1.807, 2.05) is 18.2 Å². The van der Waals surface area contributed by atoms with Gasteiger partial charge in [0.1, 0.15) is 0 Å². The molecule has 0 heterocycles. The lowest BCUT2D eigenvalue weighted by Gasteiger charge is -2.08. The maximum absolute atomic E-state index is 3.29. The molecule has 4 aromatic carbocycles. The largest absolute Gasteiger partial charge is 0.0616 e. The van der Waals surface area contributed by atoms with Gasteiger partial charge < -0.3 is 0 Å². The summed E-state index contributed by atoms with van der Waals surface area (Å²) in [6.45, 7) is 0. The molecule has 0 saturated carbocycles. The van der Waals surface area contributed by atoms with Gasteiger partial charge in [0.2, 0.25) is 0 Å². The van der Waals surface area contributed by atoms with Crippen LogP contribution in [0.4, 0.5) is 0 Å². The Morgan fingerprint density at radius 2 is 1.50 bits per heavy atom. The molecule has 92 valence electrons. The monoisotopic (exact) mass is 252 g/mol. The zero-order valence-electron chi connectivity index (χ0n) is 10.9. The Hall–Kier alpha value is -2.60. The quantitative estimate of drug-likeness (QED) is 0.405. The van der Waals surface area contributed by atoms with E-state index < -0.39 is 0 Å². The molecule has 0 heteroatoms. The molecule has 20 heavy (non-hydrogen) atoms. The van der Waals surface area contributed by atoms with Crippen LogP contribution in [0.15, 0.2) is 72.8 Å². The number of rotatable bonds is 1. The van der Waals surface area contributed by atoms with E-state index in [2.05, 4.69) is 66.7 Å². The van der Waals surface area contributed by atoms with Crippen molar-refractivity contribution in [3.05, 3.63) is 84.9 Å². The van der Waals surface area contributed by atoms with E-state index in [4.69, 9.17) is 0 Å². The first kappa shape index (κ1) is 11.2. The highest BCUT2D eigenvalue weighted by Gasteiger charge is 2.04. The van der Waals surface area contributed by atoms with E-state index >= 15 is 0 Å². The fourth-order valence-corrected chi connectivity index (χ4v) is 2.71. The summed E-state index contributed by atoms with van der Waals surface area (Å²) < 4.78 is 0. The van der Waals surface area contributed by atoms with Crippen molar-refractivity contribution < 1.29 is 0 Å². The highest BCUT2D eigenvalue weighted by molar-refractivity contribution is 6.04. The second-order valence-corrected chi connectivity index (χ2v) is 4.93. The van der Waals surface area contributed by atoms with Gasteiger partial charge in [0.15, 0.2) is 0 Å². The zero-order valence-corrected chi connectivity index (χ0v) is 10.9. The lowest BCUT2D eigenvalue weighted by molar-refractivity contribution is 1.63. The first-order chi connectivity index (χ1) is 9.92. The molecule has 0 aliphatic carbocycles. The molecule has 0 amide bonds. The van der Waals surface area contributed by atoms with E-state index in [1.54, 1.807) is 0 Å². The Morgan fingerprint density at radius 1 is 0.700 bits per heavy atom. The predicted molar refractivity (Wildman–Crippen MR) is 84.6 cm³/mol. The van der Waals surface area contributed by atoms with Crippen molar-refractivity contribution in [3.8, 4) is 11.1 Å². The van der Waals surface area contributed by atoms with Crippen LogP contribution in [0.2, 0.25) is 0 Å². The van der Waals surface area contributed by atoms with Crippen molar-refractivity contribution >= 4 is 21.5 Å². The van der Waals surface area contributed by atoms with Gasteiger partial charge >= 0.3 is 0 Å². The Morgan fingerprint density at radius 3 is 2.30 bits per heavy atom. The van der Waals surface area contributed by atoms with Crippen LogP contribution < -0.4 is 0 Å². The van der Waals surface area contributed by atoms with Crippen molar-refractivity contribution in [2.24, 2.45) is 0 Å². The summed E-state index contributed by atoms with van der Waals surface area (Å²) >= 11 is 0. The Bertz CT molecular complexity index is 889. The minimum atomic E-state index is 1.09. The summed E-state index contributed by atoms with van der Waals surface area (Å²) in [5.74, 6) is 0. The van der Waals surface area contributed by atoms with Gasteiger partial charge in [-0.15, -0.1) is 0 Å². The summed E-state index contributed by atoms with van der Waals surface area (Å²) in [6, 6.07) is 31.6. The molecule has 0 aromatic heterocycles. The van der Waals surface area contributed by atoms with Crippen molar-refractivity contribution in [1.82, 2.24) is 0 Å². The van der Waals surface area contributed by atoms with Gasteiger partial charge in [-0.3, -0.25) is 0 Å². The Labute approximate surface area is 118 Å². The van der Waals surface area contributed by atoms with Crippen molar-refractivity contribution in [3.63, 3.8) is 0 Å². The maximum atomic E-state index is 3.29. The van der Waals surface area contributed by atoms with Crippen LogP contribution in [0.25, 0.3) is 32.7 Å². The maximum Gasteiger partial charge on any atom is -0.00928 e. The van der Waals surface area contributed by atoms with Crippen LogP contribution in [0.3, 0.4) is 0 Å². The van der Waals surface area contributed by atoms with Crippen molar-refractivity contribution in [2.75, 3.05) is 0 Å². The van der Waals surface area contributed by atoms with Crippen molar-refractivity contribution in [1.29, 1.82) is 0 Å². The average molecular weight is 252 g/mol. The van der Waals surface area contributed by atoms with Crippen LogP contribution >= 0.6 is 0 Å². The van der Waals surface area contributed by atoms with E-state index in [-0.39, 0.29) is 0 Å². The number of fused-ring (bicyclic) bond motifs is 2. The summed E-state index contributed by atoms with van der Waals surface area (Å²) in [4.78, 5) is 0. The molecule has 0 N–H and O–H groups in total. The predicted octanol–water partition coefficient (Wildman–Crippen LogP) is 5.26. The first-order valence-corrected chi connectivity index (χ1v) is 6.71. The second kappa shape index (κ2) is 4.50. The third-order valence-corrected chi connectivity index (χ3v) is 3.68. The van der Waals surface area contributed by atoms with E-state index in [9.17, 15) is 0 Å². The molecular weight excluding hydrogens is 240 g/mol. The lowest BCUT2D eigenvalue weighted by atomic mass is 9.96. The van der Waals surface area contributed by atoms with Gasteiger partial charge in [-0.1, -0.05) is 54.6 Å². The molecular formula is C20H12. The number of hydrogen-bond donors (Lipinski definition) is 0. The van der Waals surface area contributed by atoms with Gasteiger partial charge in [0, 0.05) is 0 Å². The van der Waals surface area contributed by atoms with E-state index in [1.165, 1.54) is 27.1 Å². The minimum absolute atomic E-state index is 1.09. The number of benzene rings is 4. The Kier molecular flexibility index (Phi) is 2.53. The van der Waals surface area contributed by atoms with E-state index in [0.717, 1.165) is 5.56 Å². The second-order valence-electron chi connectivity index (χ2n) is 4.93. The first-order valence-electron chi connectivity index (χ1n) is 6.71. The smallest absolute Gasteiger partial charge is 0.00928 e. The highest BCUT2D eigenvalue weighted by Crippen LogP contribution is 2.31. The summed E-state index contributed by atoms with van der Waals surface area (Å²) in [5, 5.41) is 5.08. The molecule has 0 aliphatic rings. The van der Waals surface area contributed by atoms with Gasteiger partial charge in [-0.05, 0) is 63.0 Å². The van der Waals surface area contributed by atoms with E-state index in [0.29, 0.717) is 0 Å².